The second-order valence-electron chi connectivity index (χ2n) is 6.85. The minimum atomic E-state index is -0.831. The number of ether oxygens (including phenoxy) is 2. The Morgan fingerprint density at radius 2 is 1.67 bits per heavy atom. The molecule has 3 rings (SSSR count). The molecule has 0 aliphatic rings. The van der Waals surface area contributed by atoms with Gasteiger partial charge in [0.2, 0.25) is 5.75 Å². The zero-order valence-electron chi connectivity index (χ0n) is 17.2. The number of benzene rings is 3. The van der Waals surface area contributed by atoms with E-state index in [2.05, 4.69) is 10.5 Å². The van der Waals surface area contributed by atoms with Crippen molar-refractivity contribution in [1.82, 2.24) is 5.32 Å². The Morgan fingerprint density at radius 1 is 1.00 bits per heavy atom. The first-order valence-electron chi connectivity index (χ1n) is 9.81. The molecule has 0 aliphatic carbocycles. The predicted octanol–water partition coefficient (Wildman–Crippen LogP) is 4.96. The lowest BCUT2D eigenvalue weighted by atomic mass is 10.0. The molecule has 10 heteroatoms. The van der Waals surface area contributed by atoms with E-state index in [-0.39, 0.29) is 24.5 Å². The van der Waals surface area contributed by atoms with Gasteiger partial charge in [0.05, 0.1) is 17.4 Å². The van der Waals surface area contributed by atoms with Gasteiger partial charge in [0.1, 0.15) is 12.3 Å². The molecule has 0 aliphatic heterocycles. The first-order valence-corrected chi connectivity index (χ1v) is 9.81. The number of nitrogens with one attached hydrogen (secondary N) is 1. The molecule has 0 fully saturated rings. The normalized spacial score (nSPS) is 11.2. The number of nitro groups is 1. The van der Waals surface area contributed by atoms with Crippen molar-refractivity contribution < 1.29 is 24.0 Å². The quantitative estimate of drug-likeness (QED) is 0.160. The van der Waals surface area contributed by atoms with Crippen molar-refractivity contribution >= 4 is 23.4 Å². The molecule has 3 aromatic rings. The van der Waals surface area contributed by atoms with Gasteiger partial charge in [-0.25, -0.2) is 4.79 Å². The number of hydrogen-bond acceptors (Lipinski definition) is 8. The number of esters is 1. The van der Waals surface area contributed by atoms with Gasteiger partial charge in [0.15, 0.2) is 0 Å². The summed E-state index contributed by atoms with van der Waals surface area (Å²) in [5.41, 5.74) is 0.656. The van der Waals surface area contributed by atoms with Crippen molar-refractivity contribution in [2.24, 2.45) is 5.18 Å². The maximum absolute atomic E-state index is 12.6. The first kappa shape index (κ1) is 23.1. The molecule has 1 atom stereocenters. The molecule has 1 amide bonds. The van der Waals surface area contributed by atoms with E-state index in [0.717, 1.165) is 17.7 Å². The minimum absolute atomic E-state index is 0.0436. The highest BCUT2D eigenvalue weighted by atomic mass is 16.6. The SMILES string of the molecule is O=Nc1ccc(OC(=O)C[C@@H](NC(=O)OCc2ccccc2)c2ccccc2)c([N+](=O)[O-])c1. The molecule has 0 unspecified atom stereocenters. The molecule has 0 heterocycles. The fourth-order valence-electron chi connectivity index (χ4n) is 2.97. The molecule has 0 bridgehead atoms. The average molecular weight is 449 g/mol. The van der Waals surface area contributed by atoms with Gasteiger partial charge in [0.25, 0.3) is 0 Å². The first-order chi connectivity index (χ1) is 16.0. The number of carbonyl (C=O) groups is 2. The molecular formula is C23H19N3O7. The molecule has 1 N–H and O–H groups in total. The molecular weight excluding hydrogens is 430 g/mol. The summed E-state index contributed by atoms with van der Waals surface area (Å²) in [5.74, 6) is -1.17. The summed E-state index contributed by atoms with van der Waals surface area (Å²) >= 11 is 0. The van der Waals surface area contributed by atoms with E-state index in [1.165, 1.54) is 6.07 Å². The van der Waals surface area contributed by atoms with E-state index in [1.54, 1.807) is 42.5 Å². The summed E-state index contributed by atoms with van der Waals surface area (Å²) in [6.07, 6.45) is -1.07. The van der Waals surface area contributed by atoms with E-state index in [1.807, 2.05) is 18.2 Å². The summed E-state index contributed by atoms with van der Waals surface area (Å²) in [7, 11) is 0. The molecule has 0 spiro atoms. The number of amides is 1. The van der Waals surface area contributed by atoms with Gasteiger partial charge >= 0.3 is 17.7 Å². The van der Waals surface area contributed by atoms with Crippen molar-refractivity contribution in [3.05, 3.63) is 105 Å². The summed E-state index contributed by atoms with van der Waals surface area (Å²) in [6, 6.07) is 20.2. The summed E-state index contributed by atoms with van der Waals surface area (Å²) in [4.78, 5) is 46.0. The predicted molar refractivity (Wildman–Crippen MR) is 118 cm³/mol. The van der Waals surface area contributed by atoms with E-state index in [4.69, 9.17) is 9.47 Å². The fourth-order valence-corrected chi connectivity index (χ4v) is 2.97. The molecule has 0 radical (unpaired) electrons. The Morgan fingerprint density at radius 3 is 2.30 bits per heavy atom. The van der Waals surface area contributed by atoms with Gasteiger partial charge in [-0.2, -0.15) is 0 Å². The highest BCUT2D eigenvalue weighted by Gasteiger charge is 2.24. The van der Waals surface area contributed by atoms with Crippen LogP contribution < -0.4 is 10.1 Å². The molecule has 168 valence electrons. The smallest absolute Gasteiger partial charge is 0.407 e. The lowest BCUT2D eigenvalue weighted by Gasteiger charge is -2.18. The number of nitro benzene ring substituents is 1. The van der Waals surface area contributed by atoms with Crippen LogP contribution in [0.15, 0.2) is 84.0 Å². The van der Waals surface area contributed by atoms with Crippen LogP contribution in [0.2, 0.25) is 0 Å². The summed E-state index contributed by atoms with van der Waals surface area (Å²) in [6.45, 7) is 0.0436. The summed E-state index contributed by atoms with van der Waals surface area (Å²) in [5, 5.41) is 16.5. The van der Waals surface area contributed by atoms with E-state index < -0.39 is 28.7 Å². The van der Waals surface area contributed by atoms with Crippen molar-refractivity contribution in [3.8, 4) is 5.75 Å². The van der Waals surface area contributed by atoms with Gasteiger partial charge in [0, 0.05) is 6.07 Å². The maximum Gasteiger partial charge on any atom is 0.407 e. The second-order valence-corrected chi connectivity index (χ2v) is 6.85. The van der Waals surface area contributed by atoms with E-state index in [9.17, 15) is 24.6 Å². The fraction of sp³-hybridized carbons (Fsp3) is 0.130. The van der Waals surface area contributed by atoms with Crippen LogP contribution in [0.1, 0.15) is 23.6 Å². The largest absolute Gasteiger partial charge is 0.445 e. The van der Waals surface area contributed by atoms with Crippen LogP contribution in [0.3, 0.4) is 0 Å². The highest BCUT2D eigenvalue weighted by Crippen LogP contribution is 2.32. The third-order valence-electron chi connectivity index (χ3n) is 4.55. The van der Waals surface area contributed by atoms with Crippen LogP contribution >= 0.6 is 0 Å². The monoisotopic (exact) mass is 449 g/mol. The van der Waals surface area contributed by atoms with Crippen molar-refractivity contribution in [2.45, 2.75) is 19.1 Å². The van der Waals surface area contributed by atoms with Gasteiger partial charge in [-0.3, -0.25) is 14.9 Å². The Hall–Kier alpha value is -4.60. The Bertz CT molecular complexity index is 1140. The zero-order valence-corrected chi connectivity index (χ0v) is 17.2. The third kappa shape index (κ3) is 6.69. The van der Waals surface area contributed by atoms with Crippen LogP contribution in [-0.4, -0.2) is 17.0 Å². The van der Waals surface area contributed by atoms with Crippen LogP contribution in [0.25, 0.3) is 0 Å². The highest BCUT2D eigenvalue weighted by molar-refractivity contribution is 5.76. The van der Waals surface area contributed by atoms with Crippen molar-refractivity contribution in [1.29, 1.82) is 0 Å². The standard InChI is InChI=1S/C23H19N3O7/c27-22(33-21-12-11-18(25-29)13-20(21)26(30)31)14-19(17-9-5-2-6-10-17)24-23(28)32-15-16-7-3-1-4-8-16/h1-13,19H,14-15H2,(H,24,28)/t19-/m1/s1. The van der Waals surface area contributed by atoms with Gasteiger partial charge in [-0.1, -0.05) is 60.7 Å². The molecule has 0 saturated carbocycles. The van der Waals surface area contributed by atoms with Gasteiger partial charge in [-0.05, 0) is 28.4 Å². The number of alkyl carbamates (subject to hydrolysis) is 1. The number of hydrogen-bond donors (Lipinski definition) is 1. The maximum atomic E-state index is 12.6. The molecule has 0 aromatic heterocycles. The van der Waals surface area contributed by atoms with Crippen molar-refractivity contribution in [3.63, 3.8) is 0 Å². The Balaban J connectivity index is 1.70. The Kier molecular flexibility index (Phi) is 7.79. The topological polar surface area (TPSA) is 137 Å². The van der Waals surface area contributed by atoms with Gasteiger partial charge in [-0.15, -0.1) is 4.91 Å². The van der Waals surface area contributed by atoms with Crippen LogP contribution in [0.5, 0.6) is 5.75 Å². The van der Waals surface area contributed by atoms with Crippen molar-refractivity contribution in [2.75, 3.05) is 0 Å². The molecule has 3 aromatic carbocycles. The van der Waals surface area contributed by atoms with Crippen LogP contribution in [0.4, 0.5) is 16.2 Å². The van der Waals surface area contributed by atoms with Crippen LogP contribution in [0, 0.1) is 15.0 Å². The van der Waals surface area contributed by atoms with E-state index >= 15 is 0 Å². The molecule has 0 saturated heterocycles. The molecule has 33 heavy (non-hydrogen) atoms. The Labute approximate surface area is 188 Å². The van der Waals surface area contributed by atoms with Gasteiger partial charge < -0.3 is 14.8 Å². The lowest BCUT2D eigenvalue weighted by Crippen LogP contribution is -2.31. The average Bonchev–Trinajstić information content (AvgIpc) is 2.83. The van der Waals surface area contributed by atoms with Crippen LogP contribution in [-0.2, 0) is 16.1 Å². The number of rotatable bonds is 9. The molecule has 10 nitrogen and oxygen atoms in total. The third-order valence-corrected chi connectivity index (χ3v) is 4.55. The second kappa shape index (κ2) is 11.1. The number of nitrogens with zero attached hydrogens (tertiary/aromatic N) is 2. The minimum Gasteiger partial charge on any atom is -0.445 e. The lowest BCUT2D eigenvalue weighted by molar-refractivity contribution is -0.385. The zero-order chi connectivity index (χ0) is 23.6. The summed E-state index contributed by atoms with van der Waals surface area (Å²) < 4.78 is 10.4. The number of carbonyl (C=O) groups excluding carboxylic acids is 2. The van der Waals surface area contributed by atoms with E-state index in [0.29, 0.717) is 5.56 Å². The number of nitroso groups, excluding NO2 is 1.